The highest BCUT2D eigenvalue weighted by atomic mass is 32.2. The minimum atomic E-state index is -3.28. The minimum Gasteiger partial charge on any atom is -0.353 e. The van der Waals surface area contributed by atoms with Crippen LogP contribution >= 0.6 is 0 Å². The van der Waals surface area contributed by atoms with Gasteiger partial charge in [0.25, 0.3) is 0 Å². The Morgan fingerprint density at radius 1 is 1.35 bits per heavy atom. The number of carbonyl (C=O) groups is 1. The molecule has 0 unspecified atom stereocenters. The highest BCUT2D eigenvalue weighted by Crippen LogP contribution is 2.20. The van der Waals surface area contributed by atoms with Crippen molar-refractivity contribution in [3.8, 4) is 0 Å². The Kier molecular flexibility index (Phi) is 4.19. The molecule has 1 saturated carbocycles. The number of nitrogens with zero attached hydrogens (tertiary/aromatic N) is 1. The molecule has 0 radical (unpaired) electrons. The van der Waals surface area contributed by atoms with E-state index in [2.05, 4.69) is 5.32 Å². The standard InChI is InChI=1S/C11H22N2O3S/c1-11(2,3)13(17(4,15)16)8-7-10(14)12-9-5-6-9/h9H,5-8H2,1-4H3,(H,12,14). The van der Waals surface area contributed by atoms with Gasteiger partial charge in [0.2, 0.25) is 15.9 Å². The number of nitrogens with one attached hydrogen (secondary N) is 1. The van der Waals surface area contributed by atoms with Gasteiger partial charge in [-0.15, -0.1) is 0 Å². The summed E-state index contributed by atoms with van der Waals surface area (Å²) in [4.78, 5) is 11.5. The average molecular weight is 262 g/mol. The third kappa shape index (κ3) is 5.04. The van der Waals surface area contributed by atoms with Crippen LogP contribution in [0, 0.1) is 0 Å². The van der Waals surface area contributed by atoms with Gasteiger partial charge in [-0.05, 0) is 33.6 Å². The normalized spacial score (nSPS) is 17.2. The zero-order valence-corrected chi connectivity index (χ0v) is 11.8. The van der Waals surface area contributed by atoms with E-state index in [4.69, 9.17) is 0 Å². The zero-order chi connectivity index (χ0) is 13.3. The van der Waals surface area contributed by atoms with Crippen molar-refractivity contribution in [1.82, 2.24) is 9.62 Å². The second-order valence-electron chi connectivity index (χ2n) is 5.60. The number of amides is 1. The lowest BCUT2D eigenvalue weighted by Gasteiger charge is -2.33. The van der Waals surface area contributed by atoms with E-state index in [9.17, 15) is 13.2 Å². The molecule has 0 aromatic heterocycles. The molecular weight excluding hydrogens is 240 g/mol. The molecule has 0 aromatic carbocycles. The highest BCUT2D eigenvalue weighted by molar-refractivity contribution is 7.88. The van der Waals surface area contributed by atoms with Crippen LogP contribution in [0.3, 0.4) is 0 Å². The summed E-state index contributed by atoms with van der Waals surface area (Å²) >= 11 is 0. The Balaban J connectivity index is 2.52. The van der Waals surface area contributed by atoms with Crippen LogP contribution in [-0.2, 0) is 14.8 Å². The molecule has 6 heteroatoms. The number of sulfonamides is 1. The second-order valence-corrected chi connectivity index (χ2v) is 7.50. The van der Waals surface area contributed by atoms with Gasteiger partial charge in [0, 0.05) is 24.5 Å². The SMILES string of the molecule is CC(C)(C)N(CCC(=O)NC1CC1)S(C)(=O)=O. The van der Waals surface area contributed by atoms with Crippen LogP contribution in [0.5, 0.6) is 0 Å². The van der Waals surface area contributed by atoms with Crippen LogP contribution in [0.2, 0.25) is 0 Å². The van der Waals surface area contributed by atoms with E-state index >= 15 is 0 Å². The third-order valence-electron chi connectivity index (χ3n) is 2.63. The maximum atomic E-state index is 11.6. The largest absolute Gasteiger partial charge is 0.353 e. The minimum absolute atomic E-state index is 0.0644. The summed E-state index contributed by atoms with van der Waals surface area (Å²) in [5.41, 5.74) is -0.493. The molecule has 1 rings (SSSR count). The van der Waals surface area contributed by atoms with Crippen molar-refractivity contribution in [2.45, 2.75) is 51.6 Å². The first-order valence-electron chi connectivity index (χ1n) is 5.88. The van der Waals surface area contributed by atoms with Crippen molar-refractivity contribution in [2.75, 3.05) is 12.8 Å². The second kappa shape index (κ2) is 4.94. The van der Waals surface area contributed by atoms with Gasteiger partial charge in [-0.25, -0.2) is 8.42 Å². The van der Waals surface area contributed by atoms with Crippen LogP contribution in [0.4, 0.5) is 0 Å². The van der Waals surface area contributed by atoms with E-state index < -0.39 is 15.6 Å². The van der Waals surface area contributed by atoms with E-state index in [1.165, 1.54) is 10.6 Å². The van der Waals surface area contributed by atoms with E-state index in [1.54, 1.807) is 0 Å². The van der Waals surface area contributed by atoms with Gasteiger partial charge in [0.15, 0.2) is 0 Å². The molecule has 0 heterocycles. The monoisotopic (exact) mass is 262 g/mol. The molecular formula is C11H22N2O3S. The molecule has 100 valence electrons. The third-order valence-corrected chi connectivity index (χ3v) is 4.16. The van der Waals surface area contributed by atoms with Crippen LogP contribution < -0.4 is 5.32 Å². The van der Waals surface area contributed by atoms with Gasteiger partial charge in [-0.1, -0.05) is 0 Å². The molecule has 1 aliphatic carbocycles. The molecule has 1 aliphatic rings. The van der Waals surface area contributed by atoms with E-state index in [-0.39, 0.29) is 18.9 Å². The maximum absolute atomic E-state index is 11.6. The van der Waals surface area contributed by atoms with Crippen molar-refractivity contribution >= 4 is 15.9 Å². The molecule has 0 aromatic rings. The molecule has 5 nitrogen and oxygen atoms in total. The topological polar surface area (TPSA) is 66.5 Å². The molecule has 0 atom stereocenters. The quantitative estimate of drug-likeness (QED) is 0.793. The highest BCUT2D eigenvalue weighted by Gasteiger charge is 2.30. The fourth-order valence-electron chi connectivity index (χ4n) is 1.73. The number of rotatable bonds is 5. The summed E-state index contributed by atoms with van der Waals surface area (Å²) in [7, 11) is -3.28. The summed E-state index contributed by atoms with van der Waals surface area (Å²) in [6.45, 7) is 5.72. The Bertz CT molecular complexity index is 380. The van der Waals surface area contributed by atoms with Crippen LogP contribution in [0.15, 0.2) is 0 Å². The summed E-state index contributed by atoms with van der Waals surface area (Å²) in [6, 6.07) is 0.323. The van der Waals surface area contributed by atoms with Crippen molar-refractivity contribution in [1.29, 1.82) is 0 Å². The molecule has 0 bridgehead atoms. The first-order chi connectivity index (χ1) is 7.60. The summed E-state index contributed by atoms with van der Waals surface area (Å²) in [6.07, 6.45) is 3.49. The Morgan fingerprint density at radius 2 is 1.88 bits per heavy atom. The fraction of sp³-hybridized carbons (Fsp3) is 0.909. The molecule has 1 N–H and O–H groups in total. The molecule has 0 aliphatic heterocycles. The average Bonchev–Trinajstić information content (AvgIpc) is 2.82. The van der Waals surface area contributed by atoms with Gasteiger partial charge in [-0.3, -0.25) is 4.79 Å². The lowest BCUT2D eigenvalue weighted by molar-refractivity contribution is -0.121. The lowest BCUT2D eigenvalue weighted by Crippen LogP contribution is -2.46. The van der Waals surface area contributed by atoms with Gasteiger partial charge < -0.3 is 5.32 Å². The first kappa shape index (κ1) is 14.4. The summed E-state index contributed by atoms with van der Waals surface area (Å²) in [5, 5.41) is 2.85. The predicted octanol–water partition coefficient (Wildman–Crippen LogP) is 0.715. The Labute approximate surface area is 104 Å². The molecule has 1 fully saturated rings. The van der Waals surface area contributed by atoms with E-state index in [1.807, 2.05) is 20.8 Å². The van der Waals surface area contributed by atoms with Gasteiger partial charge in [0.1, 0.15) is 0 Å². The smallest absolute Gasteiger partial charge is 0.221 e. The van der Waals surface area contributed by atoms with Crippen LogP contribution in [0.25, 0.3) is 0 Å². The molecule has 17 heavy (non-hydrogen) atoms. The van der Waals surface area contributed by atoms with Gasteiger partial charge in [0.05, 0.1) is 6.26 Å². The fourth-order valence-corrected chi connectivity index (χ4v) is 3.15. The Hall–Kier alpha value is -0.620. The van der Waals surface area contributed by atoms with Crippen LogP contribution in [-0.4, -0.2) is 43.0 Å². The predicted molar refractivity (Wildman–Crippen MR) is 67.1 cm³/mol. The van der Waals surface area contributed by atoms with Crippen molar-refractivity contribution in [3.05, 3.63) is 0 Å². The van der Waals surface area contributed by atoms with Crippen molar-refractivity contribution in [3.63, 3.8) is 0 Å². The van der Waals surface area contributed by atoms with E-state index in [0.717, 1.165) is 12.8 Å². The lowest BCUT2D eigenvalue weighted by atomic mass is 10.1. The number of carbonyl (C=O) groups excluding carboxylic acids is 1. The molecule has 0 spiro atoms. The first-order valence-corrected chi connectivity index (χ1v) is 7.73. The maximum Gasteiger partial charge on any atom is 0.221 e. The molecule has 1 amide bonds. The van der Waals surface area contributed by atoms with Crippen molar-refractivity contribution < 1.29 is 13.2 Å². The Morgan fingerprint density at radius 3 is 2.24 bits per heavy atom. The number of hydrogen-bond acceptors (Lipinski definition) is 3. The number of hydrogen-bond donors (Lipinski definition) is 1. The van der Waals surface area contributed by atoms with Gasteiger partial charge in [-0.2, -0.15) is 4.31 Å². The summed E-state index contributed by atoms with van der Waals surface area (Å²) < 4.78 is 24.6. The van der Waals surface area contributed by atoms with Gasteiger partial charge >= 0.3 is 0 Å². The summed E-state index contributed by atoms with van der Waals surface area (Å²) in [5.74, 6) is -0.0644. The van der Waals surface area contributed by atoms with Crippen LogP contribution in [0.1, 0.15) is 40.0 Å². The molecule has 0 saturated heterocycles. The van der Waals surface area contributed by atoms with E-state index in [0.29, 0.717) is 6.04 Å². The zero-order valence-electron chi connectivity index (χ0n) is 11.0. The van der Waals surface area contributed by atoms with Crippen molar-refractivity contribution in [2.24, 2.45) is 0 Å².